The molecule has 0 bridgehead atoms. The molecule has 60 valence electrons. The molecule has 0 aromatic heterocycles. The number of aliphatic hydroxyl groups is 2. The molecule has 0 aliphatic rings. The summed E-state index contributed by atoms with van der Waals surface area (Å²) in [4.78, 5) is 0. The molecule has 1 aromatic rings. The molecule has 0 aliphatic carbocycles. The van der Waals surface area contributed by atoms with Crippen molar-refractivity contribution in [1.82, 2.24) is 0 Å². The summed E-state index contributed by atoms with van der Waals surface area (Å²) in [6, 6.07) is 12.5. The van der Waals surface area contributed by atoms with Gasteiger partial charge in [-0.15, -0.1) is 0 Å². The fourth-order valence-corrected chi connectivity index (χ4v) is 0.342. The van der Waals surface area contributed by atoms with Crippen LogP contribution in [-0.2, 0) is 0 Å². The van der Waals surface area contributed by atoms with Crippen LogP contribution in [0.3, 0.4) is 0 Å². The van der Waals surface area contributed by atoms with Gasteiger partial charge in [-0.05, 0) is 0 Å². The molecule has 11 heavy (non-hydrogen) atoms. The van der Waals surface area contributed by atoms with E-state index in [9.17, 15) is 0 Å². The molecule has 2 N–H and O–H groups in total. The molecule has 3 heteroatoms. The molecule has 1 rings (SSSR count). The summed E-state index contributed by atoms with van der Waals surface area (Å²) < 4.78 is 0. The second-order valence-electron chi connectivity index (χ2n) is 1.08. The topological polar surface area (TPSA) is 40.5 Å². The van der Waals surface area contributed by atoms with Crippen LogP contribution in [0.4, 0.5) is 0 Å². The minimum absolute atomic E-state index is 0. The molecule has 0 spiro atoms. The van der Waals surface area contributed by atoms with Crippen LogP contribution in [0.5, 0.6) is 0 Å². The smallest absolute Gasteiger partial charge is 0.0319 e. The Morgan fingerprint density at radius 1 is 0.818 bits per heavy atom. The summed E-state index contributed by atoms with van der Waals surface area (Å²) in [6.07, 6.45) is 0. The predicted octanol–water partition coefficient (Wildman–Crippen LogP) is 0.704. The van der Waals surface area contributed by atoms with Crippen LogP contribution in [0, 0.1) is 6.07 Å². The zero-order valence-electron chi connectivity index (χ0n) is 6.99. The number of hydrogen-bond donors (Lipinski definition) is 2. The average Bonchev–Trinajstić information content (AvgIpc) is 2.14. The average molecular weight is 408 g/mol. The van der Waals surface area contributed by atoms with Gasteiger partial charge in [0.05, 0.1) is 0 Å². The third-order valence-electron chi connectivity index (χ3n) is 0.607. The first-order chi connectivity index (χ1) is 5.00. The van der Waals surface area contributed by atoms with Crippen molar-refractivity contribution >= 4 is 0 Å². The summed E-state index contributed by atoms with van der Waals surface area (Å²) >= 11 is 0. The van der Waals surface area contributed by atoms with Crippen molar-refractivity contribution < 1.29 is 10.2 Å². The van der Waals surface area contributed by atoms with Crippen molar-refractivity contribution in [1.29, 1.82) is 0 Å². The Hall–Kier alpha value is -1.86. The van der Waals surface area contributed by atoms with Crippen molar-refractivity contribution in [3.63, 3.8) is 0 Å². The maximum absolute atomic E-state index is 7.00. The number of rotatable bonds is 0. The van der Waals surface area contributed by atoms with E-state index in [0.29, 0.717) is 0 Å². The zero-order valence-corrected chi connectivity index (χ0v) is 13.4. The van der Waals surface area contributed by atoms with Crippen LogP contribution >= 0.6 is 0 Å². The molecule has 0 unspecified atom stereocenters. The third-order valence-corrected chi connectivity index (χ3v) is 0.607. The van der Waals surface area contributed by atoms with Crippen molar-refractivity contribution in [3.05, 3.63) is 36.4 Å². The SMILES string of the molecule is CO.CO.[Rf].[c-]1ccccc1. The third kappa shape index (κ3) is 17.9. The molecule has 0 atom stereocenters. The first-order valence-electron chi connectivity index (χ1n) is 2.81. The van der Waals surface area contributed by atoms with E-state index >= 15 is 0 Å². The second kappa shape index (κ2) is 24.2. The summed E-state index contributed by atoms with van der Waals surface area (Å²) in [6.45, 7) is 0. The van der Waals surface area contributed by atoms with Gasteiger partial charge in [-0.3, -0.25) is 0 Å². The normalized spacial score (nSPS) is 5.45. The molecule has 2 nitrogen and oxygen atoms in total. The summed E-state index contributed by atoms with van der Waals surface area (Å²) in [5, 5.41) is 14.0. The molecule has 0 fully saturated rings. The van der Waals surface area contributed by atoms with E-state index in [0.717, 1.165) is 14.2 Å². The fraction of sp³-hybridized carbons (Fsp3) is 0.250. The number of aliphatic hydroxyl groups excluding tert-OH is 2. The van der Waals surface area contributed by atoms with Gasteiger partial charge in [-0.25, -0.2) is 0 Å². The molecule has 1 aromatic carbocycles. The standard InChI is InChI=1S/C6H5.2CH4O.Rf/c1-2-4-6-5-3-1;2*1-2;/h1-5H;2*2H,1H3;/q-1;;;. The Balaban J connectivity index is -0.000000114. The fourth-order valence-electron chi connectivity index (χ4n) is 0.342. The summed E-state index contributed by atoms with van der Waals surface area (Å²) in [5.41, 5.74) is 0. The van der Waals surface area contributed by atoms with Crippen LogP contribution in [0.1, 0.15) is 0 Å². The van der Waals surface area contributed by atoms with Gasteiger partial charge in [0.1, 0.15) is 0 Å². The van der Waals surface area contributed by atoms with Crippen molar-refractivity contribution in [2.24, 2.45) is 0 Å². The zero-order chi connectivity index (χ0) is 8.24. The van der Waals surface area contributed by atoms with E-state index in [1.54, 1.807) is 0 Å². The Morgan fingerprint density at radius 2 is 1.18 bits per heavy atom. The summed E-state index contributed by atoms with van der Waals surface area (Å²) in [7, 11) is 2.00. The van der Waals surface area contributed by atoms with Gasteiger partial charge in [-0.1, -0.05) is 0 Å². The quantitative estimate of drug-likeness (QED) is 0.621. The first kappa shape index (κ1) is 16.1. The Kier molecular flexibility index (Phi) is 35.4. The van der Waals surface area contributed by atoms with E-state index in [1.165, 1.54) is 0 Å². The first-order valence-corrected chi connectivity index (χ1v) is 2.81. The van der Waals surface area contributed by atoms with Gasteiger partial charge in [-0.2, -0.15) is 36.4 Å². The Labute approximate surface area is 61.8 Å². The van der Waals surface area contributed by atoms with E-state index < -0.39 is 0 Å². The molecular weight excluding hydrogens is 395 g/mol. The van der Waals surface area contributed by atoms with Crippen LogP contribution in [0.2, 0.25) is 0 Å². The summed E-state index contributed by atoms with van der Waals surface area (Å²) in [5.74, 6) is 0. The van der Waals surface area contributed by atoms with Crippen molar-refractivity contribution in [3.8, 4) is 0 Å². The van der Waals surface area contributed by atoms with Crippen molar-refractivity contribution in [2.75, 3.05) is 14.2 Å². The van der Waals surface area contributed by atoms with Gasteiger partial charge < -0.3 is 10.2 Å². The van der Waals surface area contributed by atoms with Crippen LogP contribution in [0.15, 0.2) is 30.3 Å². The molecule has 0 amide bonds. The minimum atomic E-state index is 0. The van der Waals surface area contributed by atoms with Crippen LogP contribution in [-0.4, -0.2) is 24.4 Å². The van der Waals surface area contributed by atoms with E-state index in [2.05, 4.69) is 6.07 Å². The maximum atomic E-state index is 7.00. The van der Waals surface area contributed by atoms with Crippen LogP contribution < -0.4 is 0 Å². The number of hydrogen-bond acceptors (Lipinski definition) is 2. The molecule has 0 radical (unpaired) electrons. The van der Waals surface area contributed by atoms with E-state index in [1.807, 2.05) is 30.3 Å². The maximum Gasteiger partial charge on any atom is 0.0319 e. The minimum Gasteiger partial charge on any atom is -0.400 e. The van der Waals surface area contributed by atoms with Crippen molar-refractivity contribution in [2.45, 2.75) is 0 Å². The number of benzene rings is 1. The van der Waals surface area contributed by atoms with Crippen LogP contribution in [0.25, 0.3) is 0 Å². The predicted molar refractivity (Wildman–Crippen MR) is 41.6 cm³/mol. The van der Waals surface area contributed by atoms with E-state index in [-0.39, 0.29) is 0 Å². The molecule has 0 saturated carbocycles. The monoisotopic (exact) mass is 408 g/mol. The van der Waals surface area contributed by atoms with Gasteiger partial charge in [0, 0.05) is 14.2 Å². The Bertz CT molecular complexity index is 84.0. The second-order valence-corrected chi connectivity index (χ2v) is 1.08. The molecule has 0 saturated heterocycles. The van der Waals surface area contributed by atoms with E-state index in [4.69, 9.17) is 10.2 Å². The van der Waals surface area contributed by atoms with Gasteiger partial charge >= 0.3 is 0 Å². The Morgan fingerprint density at radius 3 is 1.27 bits per heavy atom. The molecule has 0 heterocycles. The largest absolute Gasteiger partial charge is 0.400 e. The molecular formula is C8H13O2Rf-. The van der Waals surface area contributed by atoms with Gasteiger partial charge in [0.25, 0.3) is 0 Å². The van der Waals surface area contributed by atoms with Gasteiger partial charge in [0.15, 0.2) is 0 Å². The van der Waals surface area contributed by atoms with Gasteiger partial charge in [0.2, 0.25) is 0 Å². The molecule has 0 aliphatic heterocycles.